The van der Waals surface area contributed by atoms with Crippen LogP contribution in [0.4, 0.5) is 8.78 Å². The fourth-order valence-electron chi connectivity index (χ4n) is 3.88. The maximum absolute atomic E-state index is 14.6. The van der Waals surface area contributed by atoms with Crippen molar-refractivity contribution < 1.29 is 8.78 Å². The normalized spacial score (nSPS) is 11.3. The van der Waals surface area contributed by atoms with Gasteiger partial charge >= 0.3 is 0 Å². The second-order valence-corrected chi connectivity index (χ2v) is 9.96. The van der Waals surface area contributed by atoms with Gasteiger partial charge in [-0.2, -0.15) is 0 Å². The van der Waals surface area contributed by atoms with Gasteiger partial charge in [-0.15, -0.1) is 0 Å². The third-order valence-corrected chi connectivity index (χ3v) is 6.97. The van der Waals surface area contributed by atoms with Gasteiger partial charge in [-0.3, -0.25) is 0 Å². The van der Waals surface area contributed by atoms with Gasteiger partial charge < -0.3 is 0 Å². The molecule has 0 spiro atoms. The summed E-state index contributed by atoms with van der Waals surface area (Å²) in [6.07, 6.45) is 0. The molecule has 0 aromatic heterocycles. The first-order valence-electron chi connectivity index (χ1n) is 9.19. The van der Waals surface area contributed by atoms with E-state index in [1.165, 1.54) is 46.0 Å². The van der Waals surface area contributed by atoms with Gasteiger partial charge in [0.15, 0.2) is 0 Å². The summed E-state index contributed by atoms with van der Waals surface area (Å²) in [6.45, 7) is 12.9. The fourth-order valence-corrected chi connectivity index (χ4v) is 5.38. The number of rotatable bonds is 3. The third-order valence-electron chi connectivity index (χ3n) is 5.43. The van der Waals surface area contributed by atoms with E-state index in [2.05, 4.69) is 52.9 Å². The van der Waals surface area contributed by atoms with E-state index in [0.29, 0.717) is 5.56 Å². The number of aryl methyl sites for hydroxylation is 2. The average Bonchev–Trinajstić information content (AvgIpc) is 2.60. The molecule has 0 aliphatic rings. The van der Waals surface area contributed by atoms with Gasteiger partial charge in [0.25, 0.3) is 0 Å². The van der Waals surface area contributed by atoms with E-state index >= 15 is 0 Å². The predicted octanol–water partition coefficient (Wildman–Crippen LogP) is 6.49. The summed E-state index contributed by atoms with van der Waals surface area (Å²) < 4.78 is 29.1. The van der Waals surface area contributed by atoms with Crippen molar-refractivity contribution in [1.29, 1.82) is 0 Å². The van der Waals surface area contributed by atoms with Crippen molar-refractivity contribution in [2.24, 2.45) is 0 Å². The monoisotopic (exact) mass is 379 g/mol. The Bertz CT molecular complexity index is 973. The van der Waals surface area contributed by atoms with Gasteiger partial charge in [0.1, 0.15) is 11.6 Å². The van der Waals surface area contributed by atoms with Crippen molar-refractivity contribution in [2.45, 2.75) is 40.8 Å². The quantitative estimate of drug-likeness (QED) is 0.456. The SMILES string of the molecule is Cc1cc(C)c(C)c(-c2cccc(-c3c(F)cccc3F)c2[Si](C)C)c1C. The molecule has 0 saturated heterocycles. The predicted molar refractivity (Wildman–Crippen MR) is 113 cm³/mol. The lowest BCUT2D eigenvalue weighted by molar-refractivity contribution is 0.590. The van der Waals surface area contributed by atoms with E-state index in [4.69, 9.17) is 0 Å². The van der Waals surface area contributed by atoms with Crippen LogP contribution in [0.5, 0.6) is 0 Å². The lowest BCUT2D eigenvalue weighted by atomic mass is 9.88. The van der Waals surface area contributed by atoms with Crippen molar-refractivity contribution in [3.8, 4) is 22.3 Å². The first-order valence-corrected chi connectivity index (χ1v) is 11.7. The largest absolute Gasteiger partial charge is 0.206 e. The van der Waals surface area contributed by atoms with E-state index in [1.807, 2.05) is 12.1 Å². The van der Waals surface area contributed by atoms with Crippen LogP contribution in [0.25, 0.3) is 22.3 Å². The standard InChI is InChI=1S/C24H25F2Si/c1-14-13-15(2)17(4)22(16(14)3)18-9-7-10-19(24(18)27(5)6)23-20(25)11-8-12-21(23)26/h7-13H,1-6H3. The van der Waals surface area contributed by atoms with Crippen molar-refractivity contribution in [2.75, 3.05) is 0 Å². The van der Waals surface area contributed by atoms with E-state index < -0.39 is 20.4 Å². The van der Waals surface area contributed by atoms with Gasteiger partial charge in [0.2, 0.25) is 0 Å². The maximum atomic E-state index is 14.6. The molecule has 139 valence electrons. The summed E-state index contributed by atoms with van der Waals surface area (Å²) in [5.41, 5.74) is 8.01. The van der Waals surface area contributed by atoms with Crippen LogP contribution in [0, 0.1) is 39.3 Å². The summed E-state index contributed by atoms with van der Waals surface area (Å²) in [7, 11) is -0.990. The van der Waals surface area contributed by atoms with E-state index in [9.17, 15) is 8.78 Å². The number of hydrogen-bond donors (Lipinski definition) is 0. The molecule has 3 rings (SSSR count). The Morgan fingerprint density at radius 3 is 1.59 bits per heavy atom. The lowest BCUT2D eigenvalue weighted by Gasteiger charge is -2.22. The Labute approximate surface area is 162 Å². The fraction of sp³-hybridized carbons (Fsp3) is 0.250. The van der Waals surface area contributed by atoms with Gasteiger partial charge in [0, 0.05) is 0 Å². The van der Waals surface area contributed by atoms with Crippen LogP contribution in [-0.4, -0.2) is 8.80 Å². The van der Waals surface area contributed by atoms with E-state index in [0.717, 1.165) is 10.8 Å². The molecule has 0 fully saturated rings. The second-order valence-electron chi connectivity index (χ2n) is 7.46. The van der Waals surface area contributed by atoms with E-state index in [1.54, 1.807) is 0 Å². The Kier molecular flexibility index (Phi) is 5.34. The Morgan fingerprint density at radius 1 is 0.667 bits per heavy atom. The molecule has 3 aromatic carbocycles. The van der Waals surface area contributed by atoms with Gasteiger partial charge in [-0.25, -0.2) is 8.78 Å². The highest BCUT2D eigenvalue weighted by molar-refractivity contribution is 6.73. The summed E-state index contributed by atoms with van der Waals surface area (Å²) in [5, 5.41) is 1.09. The topological polar surface area (TPSA) is 0 Å². The van der Waals surface area contributed by atoms with Gasteiger partial charge in [-0.1, -0.05) is 43.4 Å². The minimum atomic E-state index is -0.990. The molecule has 0 unspecified atom stereocenters. The second kappa shape index (κ2) is 7.39. The first kappa shape index (κ1) is 19.5. The van der Waals surface area contributed by atoms with Crippen LogP contribution in [0.15, 0.2) is 42.5 Å². The Morgan fingerprint density at radius 2 is 1.11 bits per heavy atom. The molecular formula is C24H25F2Si. The molecule has 3 heteroatoms. The van der Waals surface area contributed by atoms with Crippen LogP contribution >= 0.6 is 0 Å². The zero-order valence-electron chi connectivity index (χ0n) is 16.8. The number of hydrogen-bond acceptors (Lipinski definition) is 0. The van der Waals surface area contributed by atoms with Crippen molar-refractivity contribution in [3.63, 3.8) is 0 Å². The highest BCUT2D eigenvalue weighted by atomic mass is 28.3. The van der Waals surface area contributed by atoms with Crippen LogP contribution in [0.2, 0.25) is 13.1 Å². The lowest BCUT2D eigenvalue weighted by Crippen LogP contribution is -2.28. The maximum Gasteiger partial charge on any atom is 0.133 e. The van der Waals surface area contributed by atoms with Crippen molar-refractivity contribution in [3.05, 3.63) is 76.4 Å². The minimum Gasteiger partial charge on any atom is -0.206 e. The summed E-state index contributed by atoms with van der Waals surface area (Å²) >= 11 is 0. The molecule has 3 aromatic rings. The number of benzene rings is 3. The number of halogens is 2. The smallest absolute Gasteiger partial charge is 0.133 e. The zero-order chi connectivity index (χ0) is 19.9. The van der Waals surface area contributed by atoms with Crippen LogP contribution in [0.3, 0.4) is 0 Å². The Balaban J connectivity index is 2.43. The molecule has 0 aliphatic heterocycles. The van der Waals surface area contributed by atoms with Crippen molar-refractivity contribution in [1.82, 2.24) is 0 Å². The highest BCUT2D eigenvalue weighted by Gasteiger charge is 2.22. The molecule has 0 bridgehead atoms. The van der Waals surface area contributed by atoms with Gasteiger partial charge in [-0.05, 0) is 84.0 Å². The minimum absolute atomic E-state index is 0.0835. The molecule has 0 N–H and O–H groups in total. The van der Waals surface area contributed by atoms with Crippen LogP contribution in [0.1, 0.15) is 22.3 Å². The molecule has 0 amide bonds. The molecule has 0 nitrogen and oxygen atoms in total. The van der Waals surface area contributed by atoms with Gasteiger partial charge in [0.05, 0.1) is 14.4 Å². The summed E-state index contributed by atoms with van der Waals surface area (Å²) in [5.74, 6) is -1.02. The molecular weight excluding hydrogens is 354 g/mol. The van der Waals surface area contributed by atoms with Crippen LogP contribution < -0.4 is 5.19 Å². The summed E-state index contributed by atoms with van der Waals surface area (Å²) in [6, 6.07) is 12.2. The third kappa shape index (κ3) is 3.36. The van der Waals surface area contributed by atoms with E-state index in [-0.39, 0.29) is 5.56 Å². The molecule has 1 radical (unpaired) electrons. The molecule has 0 saturated carbocycles. The first-order chi connectivity index (χ1) is 12.7. The molecule has 0 heterocycles. The molecule has 27 heavy (non-hydrogen) atoms. The molecule has 0 aliphatic carbocycles. The van der Waals surface area contributed by atoms with Crippen LogP contribution in [-0.2, 0) is 0 Å². The average molecular weight is 380 g/mol. The zero-order valence-corrected chi connectivity index (χ0v) is 17.8. The van der Waals surface area contributed by atoms with Crippen molar-refractivity contribution >= 4 is 14.0 Å². The summed E-state index contributed by atoms with van der Waals surface area (Å²) in [4.78, 5) is 0. The highest BCUT2D eigenvalue weighted by Crippen LogP contribution is 2.34. The molecule has 0 atom stereocenters. The Hall–Kier alpha value is -2.26.